The molecule has 0 heterocycles. The predicted octanol–water partition coefficient (Wildman–Crippen LogP) is -2.42. The van der Waals surface area contributed by atoms with Gasteiger partial charge in [-0.15, -0.1) is 0 Å². The van der Waals surface area contributed by atoms with Crippen molar-refractivity contribution >= 4 is 23.4 Å². The number of halogens is 2. The Labute approximate surface area is 208 Å². The van der Waals surface area contributed by atoms with Crippen molar-refractivity contribution in [3.8, 4) is 11.1 Å². The number of rotatable bonds is 6. The van der Waals surface area contributed by atoms with Crippen molar-refractivity contribution in [2.75, 3.05) is 0 Å². The van der Waals surface area contributed by atoms with Gasteiger partial charge in [0.25, 0.3) is 0 Å². The van der Waals surface area contributed by atoms with E-state index < -0.39 is 24.0 Å². The number of carbonyl (C=O) groups excluding carboxylic acids is 1. The van der Waals surface area contributed by atoms with Crippen molar-refractivity contribution in [3.63, 3.8) is 0 Å². The number of benzene rings is 4. The van der Waals surface area contributed by atoms with Crippen LogP contribution in [-0.2, 0) is 22.2 Å². The number of hydrogen-bond donors (Lipinski definition) is 1. The minimum Gasteiger partial charge on any atom is -1.00 e. The quantitative estimate of drug-likeness (QED) is 0.227. The molecule has 6 heteroatoms. The molecule has 1 amide bonds. The Bertz CT molecular complexity index is 1090. The van der Waals surface area contributed by atoms with E-state index in [4.69, 9.17) is 0 Å². The average molecular weight is 511 g/mol. The van der Waals surface area contributed by atoms with Crippen LogP contribution in [0.2, 0.25) is 0 Å². The first-order valence-corrected chi connectivity index (χ1v) is 16.4. The average Bonchev–Trinajstić information content (AvgIpc) is 3.15. The Morgan fingerprint density at radius 3 is 1.47 bits per heavy atom. The molecule has 0 radical (unpaired) electrons. The van der Waals surface area contributed by atoms with Crippen LogP contribution in [0.5, 0.6) is 0 Å². The molecule has 32 heavy (non-hydrogen) atoms. The Hall–Kier alpha value is -2.14. The molecular formula is C26H22Cl2NOSiTi. The molecule has 1 aliphatic carbocycles. The minimum atomic E-state index is -2.17. The van der Waals surface area contributed by atoms with Crippen LogP contribution in [0.4, 0.5) is 0 Å². The zero-order valence-corrected chi connectivity index (χ0v) is 21.5. The zero-order valence-electron chi connectivity index (χ0n) is 17.3. The van der Waals surface area contributed by atoms with Crippen molar-refractivity contribution in [1.82, 2.24) is 3.80 Å². The number of carbonyl (C=O) groups is 1. The maximum absolute atomic E-state index is 11.9. The minimum absolute atomic E-state index is 0. The number of fused-ring (bicyclic) bond motifs is 3. The van der Waals surface area contributed by atoms with Crippen LogP contribution < -0.4 is 39.0 Å². The summed E-state index contributed by atoms with van der Waals surface area (Å²) in [6.45, 7) is -1.63. The molecule has 5 rings (SSSR count). The molecule has 0 atom stereocenters. The molecule has 0 spiro atoms. The van der Waals surface area contributed by atoms with E-state index >= 15 is 0 Å². The molecule has 0 saturated carbocycles. The molecule has 1 N–H and O–H groups in total. The second-order valence-electron chi connectivity index (χ2n) is 7.58. The molecule has 4 aromatic carbocycles. The summed E-state index contributed by atoms with van der Waals surface area (Å²) in [6.07, 6.45) is 0.963. The van der Waals surface area contributed by atoms with Gasteiger partial charge in [-0.3, -0.25) is 0 Å². The van der Waals surface area contributed by atoms with Crippen LogP contribution in [0.25, 0.3) is 11.1 Å². The molecule has 0 aliphatic heterocycles. The summed E-state index contributed by atoms with van der Waals surface area (Å²) >= 11 is -2.17. The van der Waals surface area contributed by atoms with Crippen molar-refractivity contribution in [2.24, 2.45) is 0 Å². The van der Waals surface area contributed by atoms with Crippen molar-refractivity contribution < 1.29 is 47.0 Å². The van der Waals surface area contributed by atoms with Crippen LogP contribution in [0.1, 0.15) is 15.3 Å². The van der Waals surface area contributed by atoms with Gasteiger partial charge < -0.3 is 24.8 Å². The third kappa shape index (κ3) is 4.50. The topological polar surface area (TPSA) is 29.1 Å². The van der Waals surface area contributed by atoms with Crippen LogP contribution >= 0.6 is 0 Å². The first-order valence-electron chi connectivity index (χ1n) is 10.2. The summed E-state index contributed by atoms with van der Waals surface area (Å²) in [5.74, 6) is 0. The summed E-state index contributed by atoms with van der Waals surface area (Å²) < 4.78 is 3.76. The Kier molecular flexibility index (Phi) is 8.52. The second-order valence-corrected chi connectivity index (χ2v) is 17.8. The van der Waals surface area contributed by atoms with Crippen molar-refractivity contribution in [2.45, 2.75) is 4.22 Å². The molecule has 1 aliphatic rings. The summed E-state index contributed by atoms with van der Waals surface area (Å²) in [7, 11) is 0. The first-order chi connectivity index (χ1) is 14.9. The predicted molar refractivity (Wildman–Crippen MR) is 122 cm³/mol. The Balaban J connectivity index is 0.00000144. The fraction of sp³-hybridized carbons (Fsp3) is 0.0385. The molecule has 0 saturated heterocycles. The number of hydrogen-bond acceptors (Lipinski definition) is 1. The van der Waals surface area contributed by atoms with E-state index in [9.17, 15) is 4.79 Å². The third-order valence-electron chi connectivity index (χ3n) is 5.95. The van der Waals surface area contributed by atoms with Gasteiger partial charge in [0, 0.05) is 0 Å². The molecule has 159 valence electrons. The van der Waals surface area contributed by atoms with Gasteiger partial charge in [-0.25, -0.2) is 0 Å². The Morgan fingerprint density at radius 1 is 0.625 bits per heavy atom. The van der Waals surface area contributed by atoms with E-state index in [0.717, 1.165) is 6.41 Å². The van der Waals surface area contributed by atoms with E-state index in [0.29, 0.717) is 4.22 Å². The van der Waals surface area contributed by atoms with Crippen molar-refractivity contribution in [1.29, 1.82) is 0 Å². The van der Waals surface area contributed by atoms with Gasteiger partial charge in [-0.2, -0.15) is 0 Å². The Morgan fingerprint density at radius 2 is 1.03 bits per heavy atom. The molecular weight excluding hydrogens is 489 g/mol. The molecule has 0 unspecified atom stereocenters. The van der Waals surface area contributed by atoms with E-state index in [2.05, 4.69) is 113 Å². The fourth-order valence-corrected chi connectivity index (χ4v) is 19.1. The van der Waals surface area contributed by atoms with Crippen LogP contribution in [-0.4, -0.2) is 13.1 Å². The normalized spacial score (nSPS) is 11.5. The maximum atomic E-state index is 11.9. The maximum Gasteiger partial charge on any atom is -1.00 e. The van der Waals surface area contributed by atoms with Crippen LogP contribution in [0.15, 0.2) is 109 Å². The van der Waals surface area contributed by atoms with E-state index in [1.807, 2.05) is 0 Å². The largest absolute Gasteiger partial charge is 1.00 e. The fourth-order valence-electron chi connectivity index (χ4n) is 4.73. The smallest absolute Gasteiger partial charge is 1.00 e. The number of nitrogens with one attached hydrogen (secondary N) is 1. The van der Waals surface area contributed by atoms with Gasteiger partial charge in [0.1, 0.15) is 0 Å². The monoisotopic (exact) mass is 510 g/mol. The molecule has 0 bridgehead atoms. The first kappa shape index (κ1) is 24.5. The second kappa shape index (κ2) is 11.1. The summed E-state index contributed by atoms with van der Waals surface area (Å²) in [5, 5.41) is 2.82. The summed E-state index contributed by atoms with van der Waals surface area (Å²) in [6, 6.07) is 39.2. The summed E-state index contributed by atoms with van der Waals surface area (Å²) in [5.41, 5.74) is 5.41. The molecule has 0 aromatic heterocycles. The molecule has 2 nitrogen and oxygen atoms in total. The third-order valence-corrected chi connectivity index (χ3v) is 19.4. The zero-order chi connectivity index (χ0) is 20.3. The molecule has 0 fully saturated rings. The van der Waals surface area contributed by atoms with Crippen LogP contribution in [0.3, 0.4) is 0 Å². The van der Waals surface area contributed by atoms with E-state index in [-0.39, 0.29) is 24.8 Å². The standard InChI is InChI=1S/C13H9.C12H11Si.CH3NO.2ClH.Ti/c1-3-7-12-10(5-1)9-11-6-2-4-8-13(11)12;1-3-7-11(8-4-1)13-12-9-5-2-6-10-12;2-1-3;;;/h1-9H;1-10,13H;1H,(H2,2,3);2*1H;/q;;;;;+3/p-3. The van der Waals surface area contributed by atoms with Gasteiger partial charge in [-0.05, 0) is 0 Å². The van der Waals surface area contributed by atoms with Crippen molar-refractivity contribution in [3.05, 3.63) is 120 Å². The van der Waals surface area contributed by atoms with E-state index in [1.54, 1.807) is 0 Å². The number of amides is 1. The van der Waals surface area contributed by atoms with Gasteiger partial charge in [0.2, 0.25) is 0 Å². The van der Waals surface area contributed by atoms with Gasteiger partial charge in [0.15, 0.2) is 0 Å². The SMILES string of the molecule is O=C[NH][Ti+2]([CH]1c2ccccc2-c2ccccc21)[SiH](c1ccccc1)c1ccccc1.[Cl-].[Cl-]. The van der Waals surface area contributed by atoms with E-state index in [1.165, 1.54) is 32.6 Å². The van der Waals surface area contributed by atoms with Gasteiger partial charge in [-0.1, -0.05) is 0 Å². The van der Waals surface area contributed by atoms with Crippen LogP contribution in [0, 0.1) is 0 Å². The summed E-state index contributed by atoms with van der Waals surface area (Å²) in [4.78, 5) is 11.9. The van der Waals surface area contributed by atoms with Gasteiger partial charge in [0.05, 0.1) is 0 Å². The molecule has 4 aromatic rings. The van der Waals surface area contributed by atoms with Gasteiger partial charge >= 0.3 is 185 Å².